The highest BCUT2D eigenvalue weighted by Gasteiger charge is 2.24. The highest BCUT2D eigenvalue weighted by atomic mass is 32.1. The third kappa shape index (κ3) is 6.92. The van der Waals surface area contributed by atoms with E-state index in [1.54, 1.807) is 17.5 Å². The SMILES string of the molecule is CC(CC(=O)NCCCCc1nc(-c2cccnc2)cs1)NC(=O)C1CCCC1. The molecule has 0 radical (unpaired) electrons. The molecule has 2 aromatic rings. The molecule has 1 fully saturated rings. The largest absolute Gasteiger partial charge is 0.356 e. The van der Waals surface area contributed by atoms with E-state index in [0.717, 1.165) is 61.2 Å². The van der Waals surface area contributed by atoms with E-state index >= 15 is 0 Å². The molecule has 3 rings (SSSR count). The van der Waals surface area contributed by atoms with Crippen LogP contribution in [0, 0.1) is 5.92 Å². The first kappa shape index (κ1) is 21.4. The predicted molar refractivity (Wildman–Crippen MR) is 115 cm³/mol. The second kappa shape index (κ2) is 11.0. The lowest BCUT2D eigenvalue weighted by Gasteiger charge is -2.16. The zero-order chi connectivity index (χ0) is 20.5. The maximum Gasteiger partial charge on any atom is 0.223 e. The molecule has 156 valence electrons. The average molecular weight is 415 g/mol. The van der Waals surface area contributed by atoms with Crippen LogP contribution in [0.3, 0.4) is 0 Å². The number of thiazole rings is 1. The number of amides is 2. The maximum absolute atomic E-state index is 12.1. The molecule has 2 heterocycles. The van der Waals surface area contributed by atoms with Crippen molar-refractivity contribution < 1.29 is 9.59 Å². The second-order valence-corrected chi connectivity index (χ2v) is 8.71. The molecule has 2 N–H and O–H groups in total. The van der Waals surface area contributed by atoms with Crippen LogP contribution >= 0.6 is 11.3 Å². The minimum atomic E-state index is -0.121. The van der Waals surface area contributed by atoms with Crippen LogP contribution < -0.4 is 10.6 Å². The van der Waals surface area contributed by atoms with Crippen molar-refractivity contribution in [2.45, 2.75) is 64.3 Å². The van der Waals surface area contributed by atoms with Gasteiger partial charge in [-0.15, -0.1) is 11.3 Å². The van der Waals surface area contributed by atoms with Gasteiger partial charge < -0.3 is 10.6 Å². The van der Waals surface area contributed by atoms with Gasteiger partial charge in [0.05, 0.1) is 10.7 Å². The van der Waals surface area contributed by atoms with Gasteiger partial charge >= 0.3 is 0 Å². The smallest absolute Gasteiger partial charge is 0.223 e. The Morgan fingerprint density at radius 3 is 2.86 bits per heavy atom. The summed E-state index contributed by atoms with van der Waals surface area (Å²) in [5.74, 6) is 0.249. The van der Waals surface area contributed by atoms with Crippen LogP contribution in [0.5, 0.6) is 0 Å². The Balaban J connectivity index is 1.28. The van der Waals surface area contributed by atoms with Crippen molar-refractivity contribution in [3.63, 3.8) is 0 Å². The molecule has 6 nitrogen and oxygen atoms in total. The first-order valence-corrected chi connectivity index (χ1v) is 11.4. The number of carbonyl (C=O) groups excluding carboxylic acids is 2. The van der Waals surface area contributed by atoms with Crippen molar-refractivity contribution in [1.82, 2.24) is 20.6 Å². The Hall–Kier alpha value is -2.28. The number of pyridine rings is 1. The molecule has 2 aromatic heterocycles. The van der Waals surface area contributed by atoms with E-state index in [9.17, 15) is 9.59 Å². The Bertz CT molecular complexity index is 787. The van der Waals surface area contributed by atoms with E-state index in [0.29, 0.717) is 13.0 Å². The van der Waals surface area contributed by atoms with Crippen LogP contribution in [-0.4, -0.2) is 34.4 Å². The minimum Gasteiger partial charge on any atom is -0.356 e. The Kier molecular flexibility index (Phi) is 8.16. The molecule has 2 amide bonds. The monoisotopic (exact) mass is 414 g/mol. The fraction of sp³-hybridized carbons (Fsp3) is 0.545. The Morgan fingerprint density at radius 2 is 2.10 bits per heavy atom. The van der Waals surface area contributed by atoms with Crippen LogP contribution in [0.2, 0.25) is 0 Å². The Morgan fingerprint density at radius 1 is 1.28 bits per heavy atom. The van der Waals surface area contributed by atoms with Gasteiger partial charge in [0.2, 0.25) is 11.8 Å². The zero-order valence-electron chi connectivity index (χ0n) is 17.0. The normalized spacial score (nSPS) is 15.2. The average Bonchev–Trinajstić information content (AvgIpc) is 3.40. The summed E-state index contributed by atoms with van der Waals surface area (Å²) in [5, 5.41) is 9.11. The lowest BCUT2D eigenvalue weighted by atomic mass is 10.1. The number of hydrogen-bond acceptors (Lipinski definition) is 5. The summed E-state index contributed by atoms with van der Waals surface area (Å²) < 4.78 is 0. The van der Waals surface area contributed by atoms with Crippen LogP contribution in [0.4, 0.5) is 0 Å². The topological polar surface area (TPSA) is 84.0 Å². The van der Waals surface area contributed by atoms with Gasteiger partial charge in [-0.1, -0.05) is 12.8 Å². The van der Waals surface area contributed by atoms with E-state index in [1.165, 1.54) is 0 Å². The third-order valence-electron chi connectivity index (χ3n) is 5.25. The third-order valence-corrected chi connectivity index (χ3v) is 6.16. The second-order valence-electron chi connectivity index (χ2n) is 7.77. The molecular weight excluding hydrogens is 384 g/mol. The molecule has 1 atom stereocenters. The summed E-state index contributed by atoms with van der Waals surface area (Å²) in [4.78, 5) is 33.0. The van der Waals surface area contributed by atoms with Gasteiger partial charge in [0.15, 0.2) is 0 Å². The number of carbonyl (C=O) groups is 2. The lowest BCUT2D eigenvalue weighted by Crippen LogP contribution is -2.40. The molecule has 0 aromatic carbocycles. The van der Waals surface area contributed by atoms with Crippen molar-refractivity contribution in [3.05, 3.63) is 34.9 Å². The first-order valence-electron chi connectivity index (χ1n) is 10.5. The number of nitrogens with zero attached hydrogens (tertiary/aromatic N) is 2. The van der Waals surface area contributed by atoms with Gasteiger partial charge in [0, 0.05) is 48.3 Å². The standard InChI is InChI=1S/C22H30N4O2S/c1-16(25-22(28)17-7-2-3-8-17)13-20(27)24-12-5-4-10-21-26-19(15-29-21)18-9-6-11-23-14-18/h6,9,11,14-17H,2-5,7-8,10,12-13H2,1H3,(H,24,27)(H,25,28). The van der Waals surface area contributed by atoms with Gasteiger partial charge in [0.1, 0.15) is 0 Å². The fourth-order valence-electron chi connectivity index (χ4n) is 3.65. The molecule has 1 aliphatic carbocycles. The molecule has 1 saturated carbocycles. The molecule has 1 aliphatic rings. The molecular formula is C22H30N4O2S. The number of nitrogens with one attached hydrogen (secondary N) is 2. The summed E-state index contributed by atoms with van der Waals surface area (Å²) in [6, 6.07) is 3.81. The summed E-state index contributed by atoms with van der Waals surface area (Å²) in [7, 11) is 0. The van der Waals surface area contributed by atoms with Gasteiger partial charge in [-0.05, 0) is 51.2 Å². The van der Waals surface area contributed by atoms with Crippen molar-refractivity contribution in [2.24, 2.45) is 5.92 Å². The summed E-state index contributed by atoms with van der Waals surface area (Å²) in [6.45, 7) is 2.55. The van der Waals surface area contributed by atoms with E-state index < -0.39 is 0 Å². The highest BCUT2D eigenvalue weighted by Crippen LogP contribution is 2.25. The first-order chi connectivity index (χ1) is 14.1. The van der Waals surface area contributed by atoms with Crippen molar-refractivity contribution in [3.8, 4) is 11.3 Å². The van der Waals surface area contributed by atoms with Gasteiger partial charge in [-0.25, -0.2) is 4.98 Å². The van der Waals surface area contributed by atoms with E-state index in [1.807, 2.05) is 25.3 Å². The lowest BCUT2D eigenvalue weighted by molar-refractivity contribution is -0.126. The van der Waals surface area contributed by atoms with Crippen LogP contribution in [0.1, 0.15) is 56.9 Å². The zero-order valence-corrected chi connectivity index (χ0v) is 17.8. The summed E-state index contributed by atoms with van der Waals surface area (Å²) >= 11 is 1.67. The highest BCUT2D eigenvalue weighted by molar-refractivity contribution is 7.09. The Labute approximate surface area is 176 Å². The van der Waals surface area contributed by atoms with Gasteiger partial charge in [-0.3, -0.25) is 14.6 Å². The summed E-state index contributed by atoms with van der Waals surface area (Å²) in [6.07, 6.45) is 11.0. The van der Waals surface area contributed by atoms with E-state index in [2.05, 4.69) is 26.0 Å². The molecule has 1 unspecified atom stereocenters. The number of unbranched alkanes of at least 4 members (excludes halogenated alkanes) is 1. The maximum atomic E-state index is 12.1. The summed E-state index contributed by atoms with van der Waals surface area (Å²) in [5.41, 5.74) is 2.01. The number of hydrogen-bond donors (Lipinski definition) is 2. The minimum absolute atomic E-state index is 0.00247. The molecule has 7 heteroatoms. The number of aryl methyl sites for hydroxylation is 1. The van der Waals surface area contributed by atoms with E-state index in [4.69, 9.17) is 0 Å². The van der Waals surface area contributed by atoms with Crippen molar-refractivity contribution in [2.75, 3.05) is 6.54 Å². The molecule has 29 heavy (non-hydrogen) atoms. The van der Waals surface area contributed by atoms with Gasteiger partial charge in [0.25, 0.3) is 0 Å². The predicted octanol–water partition coefficient (Wildman–Crippen LogP) is 3.73. The van der Waals surface area contributed by atoms with Crippen molar-refractivity contribution in [1.29, 1.82) is 0 Å². The molecule has 0 bridgehead atoms. The number of rotatable bonds is 10. The molecule has 0 saturated heterocycles. The van der Waals surface area contributed by atoms with Gasteiger partial charge in [-0.2, -0.15) is 0 Å². The molecule has 0 spiro atoms. The van der Waals surface area contributed by atoms with E-state index in [-0.39, 0.29) is 23.8 Å². The molecule has 0 aliphatic heterocycles. The fourth-order valence-corrected chi connectivity index (χ4v) is 4.50. The number of aromatic nitrogens is 2. The van der Waals surface area contributed by atoms with Crippen molar-refractivity contribution >= 4 is 23.2 Å². The quantitative estimate of drug-likeness (QED) is 0.580. The van der Waals surface area contributed by atoms with Crippen LogP contribution in [0.25, 0.3) is 11.3 Å². The van der Waals surface area contributed by atoms with Crippen LogP contribution in [0.15, 0.2) is 29.9 Å². The van der Waals surface area contributed by atoms with Crippen LogP contribution in [-0.2, 0) is 16.0 Å².